The molecule has 0 aliphatic carbocycles. The number of aryl methyl sites for hydroxylation is 1. The Kier molecular flexibility index (Phi) is 5.38. The quantitative estimate of drug-likeness (QED) is 0.532. The van der Waals surface area contributed by atoms with Crippen molar-refractivity contribution in [2.45, 2.75) is 6.42 Å². The normalized spacial score (nSPS) is 10.9. The predicted octanol–water partition coefficient (Wildman–Crippen LogP) is 3.52. The molecule has 2 aromatic carbocycles. The number of nitrogens with zero attached hydrogens (tertiary/aromatic N) is 4. The molecule has 2 heterocycles. The van der Waals surface area contributed by atoms with Crippen molar-refractivity contribution < 1.29 is 13.6 Å². The molecule has 30 heavy (non-hydrogen) atoms. The Balaban J connectivity index is 1.44. The molecule has 4 aromatic rings. The van der Waals surface area contributed by atoms with Gasteiger partial charge in [-0.25, -0.2) is 13.5 Å². The molecule has 6 nitrogen and oxygen atoms in total. The summed E-state index contributed by atoms with van der Waals surface area (Å²) in [6.45, 7) is 0.375. The van der Waals surface area contributed by atoms with Crippen LogP contribution in [0.1, 0.15) is 15.9 Å². The zero-order valence-corrected chi connectivity index (χ0v) is 16.2. The Morgan fingerprint density at radius 3 is 2.67 bits per heavy atom. The number of nitrogens with one attached hydrogen (secondary N) is 1. The van der Waals surface area contributed by atoms with Crippen LogP contribution in [-0.4, -0.2) is 32.0 Å². The van der Waals surface area contributed by atoms with Crippen LogP contribution in [0.5, 0.6) is 0 Å². The van der Waals surface area contributed by atoms with Crippen LogP contribution >= 0.6 is 0 Å². The van der Waals surface area contributed by atoms with Crippen LogP contribution in [0.25, 0.3) is 16.9 Å². The lowest BCUT2D eigenvalue weighted by molar-refractivity contribution is 0.0954. The van der Waals surface area contributed by atoms with Crippen molar-refractivity contribution in [3.8, 4) is 16.9 Å². The van der Waals surface area contributed by atoms with Gasteiger partial charge in [-0.1, -0.05) is 18.2 Å². The summed E-state index contributed by atoms with van der Waals surface area (Å²) >= 11 is 0. The van der Waals surface area contributed by atoms with Crippen molar-refractivity contribution in [3.63, 3.8) is 0 Å². The summed E-state index contributed by atoms with van der Waals surface area (Å²) in [7, 11) is 1.64. The van der Waals surface area contributed by atoms with E-state index in [1.807, 2.05) is 36.5 Å². The van der Waals surface area contributed by atoms with Crippen LogP contribution in [0.2, 0.25) is 0 Å². The molecule has 1 amide bonds. The zero-order valence-electron chi connectivity index (χ0n) is 16.2. The van der Waals surface area contributed by atoms with Crippen LogP contribution in [0, 0.1) is 11.6 Å². The molecule has 0 saturated heterocycles. The summed E-state index contributed by atoms with van der Waals surface area (Å²) in [5.41, 5.74) is 2.39. The number of hydrogen-bond donors (Lipinski definition) is 1. The van der Waals surface area contributed by atoms with Crippen LogP contribution in [-0.2, 0) is 13.5 Å². The molecule has 0 spiro atoms. The summed E-state index contributed by atoms with van der Waals surface area (Å²) in [6, 6.07) is 12.9. The van der Waals surface area contributed by atoms with Gasteiger partial charge in [0.1, 0.15) is 17.3 Å². The van der Waals surface area contributed by atoms with Crippen molar-refractivity contribution in [3.05, 3.63) is 89.9 Å². The number of carbonyl (C=O) groups excluding carboxylic acids is 1. The molecule has 1 N–H and O–H groups in total. The number of para-hydroxylation sites is 1. The molecule has 0 unspecified atom stereocenters. The van der Waals surface area contributed by atoms with E-state index in [-0.39, 0.29) is 22.7 Å². The topological polar surface area (TPSA) is 64.7 Å². The smallest absolute Gasteiger partial charge is 0.255 e. The molecule has 0 bridgehead atoms. The third-order valence-electron chi connectivity index (χ3n) is 4.62. The minimum atomic E-state index is -0.768. The molecule has 4 rings (SSSR count). The van der Waals surface area contributed by atoms with Gasteiger partial charge < -0.3 is 5.32 Å². The highest BCUT2D eigenvalue weighted by molar-refractivity contribution is 5.99. The lowest BCUT2D eigenvalue weighted by atomic mass is 10.1. The molecule has 0 radical (unpaired) electrons. The molecule has 0 saturated carbocycles. The Labute approximate surface area is 171 Å². The first-order valence-corrected chi connectivity index (χ1v) is 9.37. The first-order chi connectivity index (χ1) is 14.5. The summed E-state index contributed by atoms with van der Waals surface area (Å²) in [5, 5.41) is 11.3. The Morgan fingerprint density at radius 2 is 1.90 bits per heavy atom. The van der Waals surface area contributed by atoms with Gasteiger partial charge in [0.25, 0.3) is 5.91 Å². The highest BCUT2D eigenvalue weighted by Crippen LogP contribution is 2.25. The Bertz CT molecular complexity index is 1180. The lowest BCUT2D eigenvalue weighted by Crippen LogP contribution is -2.25. The molecule has 2 aromatic heterocycles. The maximum atomic E-state index is 14.2. The molecular formula is C22H19F2N5O. The second kappa shape index (κ2) is 8.28. The monoisotopic (exact) mass is 407 g/mol. The molecule has 0 atom stereocenters. The van der Waals surface area contributed by atoms with Gasteiger partial charge in [0.15, 0.2) is 0 Å². The van der Waals surface area contributed by atoms with E-state index < -0.39 is 11.6 Å². The first kappa shape index (κ1) is 19.5. The fourth-order valence-electron chi connectivity index (χ4n) is 3.16. The van der Waals surface area contributed by atoms with Gasteiger partial charge in [-0.3, -0.25) is 9.48 Å². The molecule has 0 aliphatic heterocycles. The third-order valence-corrected chi connectivity index (χ3v) is 4.62. The summed E-state index contributed by atoms with van der Waals surface area (Å²) in [5.74, 6) is -1.83. The van der Waals surface area contributed by atoms with E-state index in [2.05, 4.69) is 15.5 Å². The van der Waals surface area contributed by atoms with Crippen molar-refractivity contribution in [2.75, 3.05) is 6.54 Å². The minimum absolute atomic E-state index is 0.0753. The van der Waals surface area contributed by atoms with Crippen molar-refractivity contribution in [1.82, 2.24) is 24.9 Å². The van der Waals surface area contributed by atoms with E-state index in [4.69, 9.17) is 0 Å². The van der Waals surface area contributed by atoms with Gasteiger partial charge in [-0.15, -0.1) is 0 Å². The maximum absolute atomic E-state index is 14.2. The number of benzene rings is 2. The third kappa shape index (κ3) is 4.12. The fraction of sp³-hybridized carbons (Fsp3) is 0.136. The average molecular weight is 407 g/mol. The number of aromatic nitrogens is 4. The van der Waals surface area contributed by atoms with Gasteiger partial charge in [0.2, 0.25) is 0 Å². The molecule has 8 heteroatoms. The zero-order chi connectivity index (χ0) is 21.1. The van der Waals surface area contributed by atoms with Crippen LogP contribution in [0.4, 0.5) is 8.78 Å². The largest absolute Gasteiger partial charge is 0.352 e. The Hall–Kier alpha value is -3.81. The van der Waals surface area contributed by atoms with Gasteiger partial charge in [0.05, 0.1) is 17.4 Å². The van der Waals surface area contributed by atoms with Gasteiger partial charge in [-0.2, -0.15) is 10.2 Å². The lowest BCUT2D eigenvalue weighted by Gasteiger charge is -2.06. The van der Waals surface area contributed by atoms with Gasteiger partial charge in [-0.05, 0) is 36.2 Å². The van der Waals surface area contributed by atoms with Crippen LogP contribution < -0.4 is 5.32 Å². The molecule has 0 aliphatic rings. The second-order valence-corrected chi connectivity index (χ2v) is 6.82. The average Bonchev–Trinajstić information content (AvgIpc) is 3.35. The highest BCUT2D eigenvalue weighted by Gasteiger charge is 2.20. The SMILES string of the molecule is Cn1cc(C(=O)NCCc2cnn(-c3ccccc3)c2)c(-c2ccc(F)cc2F)n1. The number of rotatable bonds is 6. The van der Waals surface area contributed by atoms with Crippen LogP contribution in [0.3, 0.4) is 0 Å². The second-order valence-electron chi connectivity index (χ2n) is 6.82. The molecule has 0 fully saturated rings. The van der Waals surface area contributed by atoms with E-state index in [0.29, 0.717) is 13.0 Å². The number of hydrogen-bond acceptors (Lipinski definition) is 3. The van der Waals surface area contributed by atoms with Crippen molar-refractivity contribution in [2.24, 2.45) is 7.05 Å². The Morgan fingerprint density at radius 1 is 1.10 bits per heavy atom. The summed E-state index contributed by atoms with van der Waals surface area (Å²) in [4.78, 5) is 12.7. The summed E-state index contributed by atoms with van der Waals surface area (Å²) in [6.07, 6.45) is 5.76. The molecular weight excluding hydrogens is 388 g/mol. The van der Waals surface area contributed by atoms with E-state index >= 15 is 0 Å². The van der Waals surface area contributed by atoms with E-state index in [0.717, 1.165) is 23.4 Å². The minimum Gasteiger partial charge on any atom is -0.352 e. The van der Waals surface area contributed by atoms with E-state index in [1.165, 1.54) is 16.9 Å². The number of carbonyl (C=O) groups is 1. The summed E-state index contributed by atoms with van der Waals surface area (Å²) < 4.78 is 30.6. The number of halogens is 2. The van der Waals surface area contributed by atoms with E-state index in [1.54, 1.807) is 17.9 Å². The maximum Gasteiger partial charge on any atom is 0.255 e. The fourth-order valence-corrected chi connectivity index (χ4v) is 3.16. The standard InChI is InChI=1S/C22H19F2N5O/c1-28-14-19(21(27-28)18-8-7-16(23)11-20(18)24)22(30)25-10-9-15-12-26-29(13-15)17-5-3-2-4-6-17/h2-8,11-14H,9-10H2,1H3,(H,25,30). The number of amides is 1. The highest BCUT2D eigenvalue weighted by atomic mass is 19.1. The van der Waals surface area contributed by atoms with Gasteiger partial charge in [0, 0.05) is 37.6 Å². The first-order valence-electron chi connectivity index (χ1n) is 9.37. The van der Waals surface area contributed by atoms with Crippen molar-refractivity contribution >= 4 is 5.91 Å². The van der Waals surface area contributed by atoms with Gasteiger partial charge >= 0.3 is 0 Å². The van der Waals surface area contributed by atoms with Crippen molar-refractivity contribution in [1.29, 1.82) is 0 Å². The van der Waals surface area contributed by atoms with Crippen LogP contribution in [0.15, 0.2) is 67.1 Å². The van der Waals surface area contributed by atoms with E-state index in [9.17, 15) is 13.6 Å². The molecule has 152 valence electrons. The predicted molar refractivity (Wildman–Crippen MR) is 108 cm³/mol.